The molecule has 2 heterocycles. The minimum Gasteiger partial charge on any atom is -0.492 e. The number of aryl methyl sites for hydroxylation is 1. The van der Waals surface area contributed by atoms with Crippen molar-refractivity contribution in [3.8, 4) is 11.6 Å². The molecular formula is C22H32N4O4S. The molecule has 31 heavy (non-hydrogen) atoms. The van der Waals surface area contributed by atoms with Gasteiger partial charge in [0.25, 0.3) is 0 Å². The van der Waals surface area contributed by atoms with E-state index in [2.05, 4.69) is 19.6 Å². The topological polar surface area (TPSA) is 93.7 Å². The molecule has 1 saturated heterocycles. The number of anilines is 1. The molecule has 0 atom stereocenters. The normalized spacial score (nSPS) is 14.3. The lowest BCUT2D eigenvalue weighted by atomic mass is 10.0. The number of aromatic nitrogens is 2. The highest BCUT2D eigenvalue weighted by Gasteiger charge is 2.21. The van der Waals surface area contributed by atoms with Crippen LogP contribution in [0.3, 0.4) is 0 Å². The van der Waals surface area contributed by atoms with Crippen LogP contribution >= 0.6 is 0 Å². The summed E-state index contributed by atoms with van der Waals surface area (Å²) in [6.07, 6.45) is 2.31. The van der Waals surface area contributed by atoms with Gasteiger partial charge < -0.3 is 14.4 Å². The Morgan fingerprint density at radius 2 is 1.87 bits per heavy atom. The lowest BCUT2D eigenvalue weighted by molar-refractivity contribution is 0.308. The maximum absolute atomic E-state index is 12.9. The first kappa shape index (κ1) is 23.3. The van der Waals surface area contributed by atoms with Gasteiger partial charge in [-0.15, -0.1) is 0 Å². The molecule has 1 aromatic heterocycles. The highest BCUT2D eigenvalue weighted by Crippen LogP contribution is 2.28. The quantitative estimate of drug-likeness (QED) is 0.558. The van der Waals surface area contributed by atoms with Crippen molar-refractivity contribution in [1.29, 1.82) is 0 Å². The van der Waals surface area contributed by atoms with Crippen molar-refractivity contribution in [2.75, 3.05) is 37.7 Å². The Morgan fingerprint density at radius 1 is 1.13 bits per heavy atom. The van der Waals surface area contributed by atoms with E-state index in [9.17, 15) is 8.42 Å². The summed E-state index contributed by atoms with van der Waals surface area (Å²) in [4.78, 5) is 11.1. The van der Waals surface area contributed by atoms with E-state index in [-0.39, 0.29) is 24.0 Å². The highest BCUT2D eigenvalue weighted by atomic mass is 32.2. The fraction of sp³-hybridized carbons (Fsp3) is 0.545. The van der Waals surface area contributed by atoms with Crippen LogP contribution < -0.4 is 19.1 Å². The molecule has 0 amide bonds. The highest BCUT2D eigenvalue weighted by molar-refractivity contribution is 7.89. The second-order valence-corrected chi connectivity index (χ2v) is 9.58. The van der Waals surface area contributed by atoms with Crippen molar-refractivity contribution in [1.82, 2.24) is 14.7 Å². The molecule has 0 aliphatic carbocycles. The van der Waals surface area contributed by atoms with Crippen LogP contribution in [0, 0.1) is 6.92 Å². The van der Waals surface area contributed by atoms with Crippen molar-refractivity contribution >= 4 is 15.8 Å². The molecule has 2 aromatic rings. The van der Waals surface area contributed by atoms with Gasteiger partial charge in [0.05, 0.1) is 6.61 Å². The second-order valence-electron chi connectivity index (χ2n) is 7.85. The summed E-state index contributed by atoms with van der Waals surface area (Å²) in [5.41, 5.74) is 0.936. The van der Waals surface area contributed by atoms with Crippen molar-refractivity contribution in [3.05, 3.63) is 35.7 Å². The van der Waals surface area contributed by atoms with Crippen LogP contribution in [0.5, 0.6) is 11.6 Å². The van der Waals surface area contributed by atoms with Gasteiger partial charge in [0, 0.05) is 25.7 Å². The van der Waals surface area contributed by atoms with Gasteiger partial charge in [-0.25, -0.2) is 18.1 Å². The molecule has 1 aliphatic rings. The third-order valence-electron chi connectivity index (χ3n) is 5.10. The molecule has 0 radical (unpaired) electrons. The Balaban J connectivity index is 1.64. The lowest BCUT2D eigenvalue weighted by Crippen LogP contribution is -2.29. The molecule has 0 unspecified atom stereocenters. The molecular weight excluding hydrogens is 416 g/mol. The van der Waals surface area contributed by atoms with Gasteiger partial charge in [0.2, 0.25) is 15.9 Å². The Hall–Kier alpha value is -2.39. The summed E-state index contributed by atoms with van der Waals surface area (Å²) >= 11 is 0. The standard InChI is InChI=1S/C22H32N4O4S/c1-5-29-19-9-8-18(16(2)3)14-20(19)31(27,28)23-10-13-30-22-15-21(24-17(4)25-22)26-11-6-7-12-26/h8-9,14-16,23H,5-7,10-13H2,1-4H3. The molecule has 1 aliphatic heterocycles. The minimum absolute atomic E-state index is 0.113. The van der Waals surface area contributed by atoms with E-state index in [1.54, 1.807) is 12.1 Å². The van der Waals surface area contributed by atoms with Crippen LogP contribution in [0.15, 0.2) is 29.2 Å². The van der Waals surface area contributed by atoms with Gasteiger partial charge in [0.15, 0.2) is 0 Å². The van der Waals surface area contributed by atoms with Gasteiger partial charge in [-0.1, -0.05) is 19.9 Å². The van der Waals surface area contributed by atoms with E-state index in [1.807, 2.05) is 39.8 Å². The molecule has 0 bridgehead atoms. The Morgan fingerprint density at radius 3 is 2.55 bits per heavy atom. The number of benzene rings is 1. The fourth-order valence-corrected chi connectivity index (χ4v) is 4.68. The molecule has 0 saturated carbocycles. The monoisotopic (exact) mass is 448 g/mol. The van der Waals surface area contributed by atoms with Crippen LogP contribution in [0.2, 0.25) is 0 Å². The van der Waals surface area contributed by atoms with E-state index in [0.717, 1.165) is 37.3 Å². The Labute approximate surface area is 185 Å². The molecule has 1 fully saturated rings. The van der Waals surface area contributed by atoms with Crippen molar-refractivity contribution < 1.29 is 17.9 Å². The van der Waals surface area contributed by atoms with Crippen molar-refractivity contribution in [2.24, 2.45) is 0 Å². The number of nitrogens with zero attached hydrogens (tertiary/aromatic N) is 3. The summed E-state index contributed by atoms with van der Waals surface area (Å²) in [5, 5.41) is 0. The Kier molecular flexibility index (Phi) is 7.72. The van der Waals surface area contributed by atoms with E-state index in [4.69, 9.17) is 9.47 Å². The number of rotatable bonds is 10. The molecule has 170 valence electrons. The molecule has 9 heteroatoms. The molecule has 3 rings (SSSR count). The zero-order chi connectivity index (χ0) is 22.4. The van der Waals surface area contributed by atoms with Crippen LogP contribution in [-0.4, -0.2) is 51.2 Å². The molecule has 8 nitrogen and oxygen atoms in total. The van der Waals surface area contributed by atoms with Crippen LogP contribution in [0.1, 0.15) is 50.9 Å². The summed E-state index contributed by atoms with van der Waals surface area (Å²) in [6.45, 7) is 10.3. The summed E-state index contributed by atoms with van der Waals surface area (Å²) in [6, 6.07) is 7.10. The number of hydrogen-bond acceptors (Lipinski definition) is 7. The van der Waals surface area contributed by atoms with E-state index in [0.29, 0.717) is 24.1 Å². The number of sulfonamides is 1. The smallest absolute Gasteiger partial charge is 0.244 e. The van der Waals surface area contributed by atoms with Crippen LogP contribution in [0.4, 0.5) is 5.82 Å². The first-order chi connectivity index (χ1) is 14.8. The average molecular weight is 449 g/mol. The molecule has 1 N–H and O–H groups in total. The van der Waals surface area contributed by atoms with Crippen LogP contribution in [-0.2, 0) is 10.0 Å². The zero-order valence-electron chi connectivity index (χ0n) is 18.7. The summed E-state index contributed by atoms with van der Waals surface area (Å²) in [7, 11) is -3.75. The van der Waals surface area contributed by atoms with E-state index < -0.39 is 10.0 Å². The molecule has 1 aromatic carbocycles. The first-order valence-corrected chi connectivity index (χ1v) is 12.3. The average Bonchev–Trinajstić information content (AvgIpc) is 3.26. The first-order valence-electron chi connectivity index (χ1n) is 10.8. The summed E-state index contributed by atoms with van der Waals surface area (Å²) < 4.78 is 39.7. The maximum Gasteiger partial charge on any atom is 0.244 e. The lowest BCUT2D eigenvalue weighted by Gasteiger charge is -2.17. The van der Waals surface area contributed by atoms with Crippen LogP contribution in [0.25, 0.3) is 0 Å². The third kappa shape index (κ3) is 6.07. The fourth-order valence-electron chi connectivity index (χ4n) is 3.49. The van der Waals surface area contributed by atoms with E-state index in [1.165, 1.54) is 0 Å². The SMILES string of the molecule is CCOc1ccc(C(C)C)cc1S(=O)(=O)NCCOc1cc(N2CCCC2)nc(C)n1. The zero-order valence-corrected chi connectivity index (χ0v) is 19.5. The van der Waals surface area contributed by atoms with Gasteiger partial charge in [0.1, 0.15) is 28.9 Å². The summed E-state index contributed by atoms with van der Waals surface area (Å²) in [5.74, 6) is 2.49. The molecule has 0 spiro atoms. The van der Waals surface area contributed by atoms with E-state index >= 15 is 0 Å². The largest absolute Gasteiger partial charge is 0.492 e. The predicted octanol–water partition coefficient (Wildman–Crippen LogP) is 3.26. The second kappa shape index (κ2) is 10.3. The number of hydrogen-bond donors (Lipinski definition) is 1. The van der Waals surface area contributed by atoms with Gasteiger partial charge in [-0.05, 0) is 50.3 Å². The van der Waals surface area contributed by atoms with Gasteiger partial charge in [-0.2, -0.15) is 4.98 Å². The van der Waals surface area contributed by atoms with Crippen molar-refractivity contribution in [2.45, 2.75) is 51.3 Å². The third-order valence-corrected chi connectivity index (χ3v) is 6.58. The maximum atomic E-state index is 12.9. The Bertz CT molecular complexity index is 989. The minimum atomic E-state index is -3.75. The van der Waals surface area contributed by atoms with Gasteiger partial charge in [-0.3, -0.25) is 0 Å². The predicted molar refractivity (Wildman–Crippen MR) is 121 cm³/mol. The number of ether oxygens (including phenoxy) is 2. The van der Waals surface area contributed by atoms with Gasteiger partial charge >= 0.3 is 0 Å². The van der Waals surface area contributed by atoms with Crippen molar-refractivity contribution in [3.63, 3.8) is 0 Å². The number of nitrogens with one attached hydrogen (secondary N) is 1.